The fourth-order valence-electron chi connectivity index (χ4n) is 9.86. The molecule has 0 amide bonds. The minimum Gasteiger partial charge on any atom is -0.511 e. The second-order valence-electron chi connectivity index (χ2n) is 21.3. The highest BCUT2D eigenvalue weighted by Crippen LogP contribution is 2.48. The van der Waals surface area contributed by atoms with Gasteiger partial charge in [0.1, 0.15) is 23.0 Å². The highest BCUT2D eigenvalue weighted by molar-refractivity contribution is 6.69. The summed E-state index contributed by atoms with van der Waals surface area (Å²) in [6.45, 7) is 22.1. The molecule has 8 rings (SSSR count). The van der Waals surface area contributed by atoms with Crippen LogP contribution in [0.15, 0.2) is 170 Å². The number of benzene rings is 8. The molecule has 8 aromatic carbocycles. The van der Waals surface area contributed by atoms with Crippen LogP contribution in [0.2, 0.25) is 12.1 Å². The van der Waals surface area contributed by atoms with E-state index in [1.165, 1.54) is 33.4 Å². The predicted molar refractivity (Wildman–Crippen MR) is 296 cm³/mol. The zero-order valence-electron chi connectivity index (χ0n) is 42.9. The van der Waals surface area contributed by atoms with Gasteiger partial charge in [0.05, 0.1) is 0 Å². The van der Waals surface area contributed by atoms with E-state index >= 15 is 0 Å². The second kappa shape index (κ2) is 20.6. The van der Waals surface area contributed by atoms with E-state index in [2.05, 4.69) is 166 Å². The summed E-state index contributed by atoms with van der Waals surface area (Å²) in [6, 6.07) is 59.6. The fraction of sp³-hybridized carbons (Fsp3) is 0.262. The summed E-state index contributed by atoms with van der Waals surface area (Å²) in [5.41, 5.74) is 16.0. The Morgan fingerprint density at radius 3 is 1.14 bits per heavy atom. The number of phenolic OH excluding ortho intramolecular Hbond substituents is 2. The van der Waals surface area contributed by atoms with E-state index in [0.29, 0.717) is 34.7 Å². The number of rotatable bonds is 15. The normalized spacial score (nSPS) is 12.0. The molecular weight excluding hydrogens is 873 g/mol. The lowest BCUT2D eigenvalue weighted by atomic mass is 9.82. The molecule has 0 aromatic heterocycles. The molecule has 0 heterocycles. The second-order valence-corrected chi connectivity index (χ2v) is 24.5. The van der Waals surface area contributed by atoms with Crippen LogP contribution in [0.4, 0.5) is 0 Å². The van der Waals surface area contributed by atoms with Crippen molar-refractivity contribution in [3.05, 3.63) is 214 Å². The standard InChI is InChI=1S/C65H70O4Si/c1-44-24-21-25-45(2)52(44)34-23-38-70(39-37-53-46(3)26-22-27-47(53)4,68-60-35-19-17-32-54(60)58-42-50(64(5,6)7)40-56(62(58)66)48-28-13-11-14-29-48)69-61-36-20-18-33-55(61)59-43-51(65(8,9)10)41-57(63(59)67)49-30-15-12-16-31-49/h11-22,24-33,35-36,40-43,66-67H,23,34,37-39H2,1-10H3. The van der Waals surface area contributed by atoms with Crippen LogP contribution in [0.1, 0.15) is 92.5 Å². The van der Waals surface area contributed by atoms with Gasteiger partial charge < -0.3 is 19.1 Å². The monoisotopic (exact) mass is 943 g/mol. The first-order valence-corrected chi connectivity index (χ1v) is 27.2. The third-order valence-corrected chi connectivity index (χ3v) is 17.4. The third kappa shape index (κ3) is 11.0. The van der Waals surface area contributed by atoms with Crippen LogP contribution in [-0.2, 0) is 23.7 Å². The van der Waals surface area contributed by atoms with E-state index in [9.17, 15) is 10.2 Å². The van der Waals surface area contributed by atoms with Gasteiger partial charge in [-0.25, -0.2) is 0 Å². The minimum absolute atomic E-state index is 0.206. The lowest BCUT2D eigenvalue weighted by molar-refractivity contribution is 0.375. The molecule has 0 saturated heterocycles. The molecule has 0 aliphatic carbocycles. The van der Waals surface area contributed by atoms with E-state index in [1.807, 2.05) is 72.8 Å². The molecular formula is C65H70O4Si. The smallest absolute Gasteiger partial charge is 0.460 e. The Labute approximate surface area is 418 Å². The molecule has 358 valence electrons. The molecule has 0 radical (unpaired) electrons. The number of hydrogen-bond acceptors (Lipinski definition) is 4. The lowest BCUT2D eigenvalue weighted by Crippen LogP contribution is -2.49. The first-order chi connectivity index (χ1) is 33.4. The van der Waals surface area contributed by atoms with Gasteiger partial charge in [0, 0.05) is 45.5 Å². The SMILES string of the molecule is Cc1cccc(C)c1CCC[Si](CCc1c(C)cccc1C)(Oc1ccccc1-c1cc(C(C)(C)C)cc(-c2ccccc2)c1O)Oc1ccccc1-c1cc(C(C)(C)C)cc(-c2ccccc2)c1O. The van der Waals surface area contributed by atoms with E-state index < -0.39 is 8.56 Å². The molecule has 0 fully saturated rings. The molecule has 70 heavy (non-hydrogen) atoms. The van der Waals surface area contributed by atoms with Gasteiger partial charge in [-0.05, 0) is 150 Å². The van der Waals surface area contributed by atoms with Gasteiger partial charge in [0.2, 0.25) is 0 Å². The van der Waals surface area contributed by atoms with Gasteiger partial charge in [0.15, 0.2) is 0 Å². The highest BCUT2D eigenvalue weighted by atomic mass is 28.4. The molecule has 0 saturated carbocycles. The Kier molecular flexibility index (Phi) is 14.6. The first-order valence-electron chi connectivity index (χ1n) is 25.0. The fourth-order valence-corrected chi connectivity index (χ4v) is 13.1. The minimum atomic E-state index is -3.48. The van der Waals surface area contributed by atoms with Crippen LogP contribution < -0.4 is 8.85 Å². The highest BCUT2D eigenvalue weighted by Gasteiger charge is 2.43. The Morgan fingerprint density at radius 1 is 0.386 bits per heavy atom. The lowest BCUT2D eigenvalue weighted by Gasteiger charge is -2.34. The summed E-state index contributed by atoms with van der Waals surface area (Å²) in [6.07, 6.45) is 2.46. The van der Waals surface area contributed by atoms with Crippen molar-refractivity contribution < 1.29 is 19.1 Å². The number of para-hydroxylation sites is 2. The van der Waals surface area contributed by atoms with E-state index in [1.54, 1.807) is 0 Å². The van der Waals surface area contributed by atoms with Crippen molar-refractivity contribution in [1.82, 2.24) is 0 Å². The van der Waals surface area contributed by atoms with E-state index in [4.69, 9.17) is 8.85 Å². The van der Waals surface area contributed by atoms with Crippen LogP contribution in [0.3, 0.4) is 0 Å². The maximum atomic E-state index is 12.4. The number of phenols is 2. The van der Waals surface area contributed by atoms with Gasteiger partial charge in [-0.15, -0.1) is 0 Å². The van der Waals surface area contributed by atoms with Crippen LogP contribution in [0.5, 0.6) is 23.0 Å². The largest absolute Gasteiger partial charge is 0.511 e. The van der Waals surface area contributed by atoms with Crippen molar-refractivity contribution in [3.8, 4) is 67.5 Å². The zero-order chi connectivity index (χ0) is 49.8. The van der Waals surface area contributed by atoms with Crippen LogP contribution >= 0.6 is 0 Å². The Bertz CT molecular complexity index is 2910. The van der Waals surface area contributed by atoms with Crippen molar-refractivity contribution in [2.24, 2.45) is 0 Å². The molecule has 0 atom stereocenters. The predicted octanol–water partition coefficient (Wildman–Crippen LogP) is 17.4. The molecule has 0 unspecified atom stereocenters. The van der Waals surface area contributed by atoms with Crippen molar-refractivity contribution >= 4 is 8.56 Å². The van der Waals surface area contributed by atoms with Gasteiger partial charge >= 0.3 is 8.56 Å². The van der Waals surface area contributed by atoms with Crippen LogP contribution in [0, 0.1) is 27.7 Å². The van der Waals surface area contributed by atoms with Crippen molar-refractivity contribution in [2.45, 2.75) is 111 Å². The van der Waals surface area contributed by atoms with Crippen molar-refractivity contribution in [1.29, 1.82) is 0 Å². The molecule has 4 nitrogen and oxygen atoms in total. The molecule has 8 aromatic rings. The average Bonchev–Trinajstić information content (AvgIpc) is 3.33. The molecule has 2 N–H and O–H groups in total. The number of aromatic hydroxyl groups is 2. The summed E-state index contributed by atoms with van der Waals surface area (Å²) in [5.74, 6) is 1.76. The zero-order valence-corrected chi connectivity index (χ0v) is 43.9. The van der Waals surface area contributed by atoms with Gasteiger partial charge in [-0.1, -0.05) is 175 Å². The van der Waals surface area contributed by atoms with Crippen LogP contribution in [-0.4, -0.2) is 18.8 Å². The van der Waals surface area contributed by atoms with Crippen molar-refractivity contribution in [2.75, 3.05) is 0 Å². The topological polar surface area (TPSA) is 58.9 Å². The van der Waals surface area contributed by atoms with E-state index in [-0.39, 0.29) is 22.3 Å². The first kappa shape index (κ1) is 49.6. The van der Waals surface area contributed by atoms with Gasteiger partial charge in [-0.2, -0.15) is 0 Å². The summed E-state index contributed by atoms with van der Waals surface area (Å²) in [4.78, 5) is 0. The number of hydrogen-bond donors (Lipinski definition) is 2. The molecule has 5 heteroatoms. The number of aryl methyl sites for hydroxylation is 4. The average molecular weight is 943 g/mol. The summed E-state index contributed by atoms with van der Waals surface area (Å²) >= 11 is 0. The van der Waals surface area contributed by atoms with Gasteiger partial charge in [0.25, 0.3) is 0 Å². The Balaban J connectivity index is 1.34. The maximum Gasteiger partial charge on any atom is 0.460 e. The van der Waals surface area contributed by atoms with E-state index in [0.717, 1.165) is 63.8 Å². The summed E-state index contributed by atoms with van der Waals surface area (Å²) in [7, 11) is -3.48. The summed E-state index contributed by atoms with van der Waals surface area (Å²) in [5, 5.41) is 24.9. The van der Waals surface area contributed by atoms with Crippen LogP contribution in [0.25, 0.3) is 44.5 Å². The maximum absolute atomic E-state index is 12.4. The molecule has 0 aliphatic heterocycles. The van der Waals surface area contributed by atoms with Crippen molar-refractivity contribution in [3.63, 3.8) is 0 Å². The Morgan fingerprint density at radius 2 is 0.743 bits per heavy atom. The van der Waals surface area contributed by atoms with Gasteiger partial charge in [-0.3, -0.25) is 0 Å². The molecule has 0 spiro atoms. The quantitative estimate of drug-likeness (QED) is 0.101. The Hall–Kier alpha value is -6.82. The molecule has 0 aliphatic rings. The summed E-state index contributed by atoms with van der Waals surface area (Å²) < 4.78 is 15.7. The molecule has 0 bridgehead atoms. The third-order valence-electron chi connectivity index (χ3n) is 14.1.